The van der Waals surface area contributed by atoms with Crippen molar-refractivity contribution in [2.45, 2.75) is 82.2 Å². The molecule has 1 spiro atoms. The van der Waals surface area contributed by atoms with Gasteiger partial charge in [0.05, 0.1) is 0 Å². The zero-order chi connectivity index (χ0) is 25.0. The van der Waals surface area contributed by atoms with Gasteiger partial charge in [-0.1, -0.05) is 44.0 Å². The molecule has 2 heterocycles. The smallest absolute Gasteiger partial charge is 0.325 e. The molecule has 1 aromatic rings. The van der Waals surface area contributed by atoms with Gasteiger partial charge in [-0.15, -0.1) is 0 Å². The Labute approximate surface area is 207 Å². The Morgan fingerprint density at radius 2 is 1.91 bits per heavy atom. The first-order valence-corrected chi connectivity index (χ1v) is 12.9. The molecule has 5 N–H and O–H groups in total. The number of hydrogen-bond donors (Lipinski definition) is 3. The third-order valence-corrected chi connectivity index (χ3v) is 7.92. The molecule has 0 radical (unpaired) electrons. The predicted molar refractivity (Wildman–Crippen MR) is 135 cm³/mol. The molecule has 2 fully saturated rings. The third-order valence-electron chi connectivity index (χ3n) is 7.92. The largest absolute Gasteiger partial charge is 0.370 e. The first-order valence-electron chi connectivity index (χ1n) is 12.9. The van der Waals surface area contributed by atoms with Crippen LogP contribution in [-0.4, -0.2) is 65.3 Å². The third kappa shape index (κ3) is 5.13. The summed E-state index contributed by atoms with van der Waals surface area (Å²) in [6.45, 7) is 3.74. The minimum atomic E-state index is -0.755. The summed E-state index contributed by atoms with van der Waals surface area (Å²) in [5.41, 5.74) is 13.7. The number of amides is 4. The van der Waals surface area contributed by atoms with E-state index in [2.05, 4.69) is 34.6 Å². The van der Waals surface area contributed by atoms with Crippen molar-refractivity contribution in [2.75, 3.05) is 19.6 Å². The Hall–Kier alpha value is -3.10. The number of nitrogens with zero attached hydrogens (tertiary/aromatic N) is 3. The number of aliphatic imine (C=N–C) groups is 1. The van der Waals surface area contributed by atoms with E-state index in [1.165, 1.54) is 16.0 Å². The lowest BCUT2D eigenvalue weighted by Gasteiger charge is -2.42. The predicted octanol–water partition coefficient (Wildman–Crippen LogP) is 2.03. The molecule has 2 saturated heterocycles. The average molecular weight is 483 g/mol. The van der Waals surface area contributed by atoms with E-state index < -0.39 is 18.1 Å². The van der Waals surface area contributed by atoms with Gasteiger partial charge in [0.15, 0.2) is 5.96 Å². The average Bonchev–Trinajstić information content (AvgIpc) is 3.34. The molecule has 2 aliphatic heterocycles. The van der Waals surface area contributed by atoms with Crippen molar-refractivity contribution in [2.24, 2.45) is 16.5 Å². The highest BCUT2D eigenvalue weighted by Gasteiger charge is 2.47. The molecule has 4 amide bonds. The summed E-state index contributed by atoms with van der Waals surface area (Å²) >= 11 is 0. The Balaban J connectivity index is 1.42. The van der Waals surface area contributed by atoms with Crippen LogP contribution in [0.4, 0.5) is 4.79 Å². The van der Waals surface area contributed by atoms with Crippen molar-refractivity contribution in [1.29, 1.82) is 0 Å². The maximum absolute atomic E-state index is 13.7. The molecule has 0 bridgehead atoms. The van der Waals surface area contributed by atoms with Gasteiger partial charge in [0, 0.05) is 19.6 Å². The first kappa shape index (κ1) is 25.0. The van der Waals surface area contributed by atoms with Crippen molar-refractivity contribution in [3.8, 4) is 0 Å². The fourth-order valence-corrected chi connectivity index (χ4v) is 5.95. The number of benzene rings is 1. The van der Waals surface area contributed by atoms with Gasteiger partial charge < -0.3 is 21.7 Å². The topological polar surface area (TPSA) is 134 Å². The van der Waals surface area contributed by atoms with Crippen LogP contribution in [-0.2, 0) is 21.4 Å². The number of fused-ring (bicyclic) bond motifs is 2. The molecular weight excluding hydrogens is 444 g/mol. The molecular formula is C26H38N6O3. The first-order chi connectivity index (χ1) is 16.9. The van der Waals surface area contributed by atoms with E-state index in [0.717, 1.165) is 38.5 Å². The molecule has 190 valence electrons. The number of nitrogens with two attached hydrogens (primary N) is 2. The van der Waals surface area contributed by atoms with Crippen molar-refractivity contribution in [1.82, 2.24) is 15.1 Å². The van der Waals surface area contributed by atoms with E-state index in [-0.39, 0.29) is 23.2 Å². The number of hydrogen-bond acceptors (Lipinski definition) is 4. The summed E-state index contributed by atoms with van der Waals surface area (Å²) in [5, 5.41) is 2.76. The van der Waals surface area contributed by atoms with Crippen molar-refractivity contribution >= 4 is 23.8 Å². The number of likely N-dealkylation sites (tertiary alicyclic amines) is 1. The number of carbonyl (C=O) groups is 3. The second kappa shape index (κ2) is 10.7. The Bertz CT molecular complexity index is 981. The molecule has 9 nitrogen and oxygen atoms in total. The fraction of sp³-hybridized carbons (Fsp3) is 0.615. The van der Waals surface area contributed by atoms with Gasteiger partial charge in [-0.3, -0.25) is 14.6 Å². The van der Waals surface area contributed by atoms with Gasteiger partial charge in [0.1, 0.15) is 12.1 Å². The van der Waals surface area contributed by atoms with Crippen LogP contribution in [0.3, 0.4) is 0 Å². The number of imide groups is 1. The SMILES string of the molecule is CCCC[C@H](C(=O)N1CCC2(CCc3ccccc32)CC1)N1C(=O)N[C@H](CCCN=C(N)N)C1=O. The van der Waals surface area contributed by atoms with Crippen LogP contribution in [0, 0.1) is 0 Å². The van der Waals surface area contributed by atoms with E-state index in [9.17, 15) is 14.4 Å². The lowest BCUT2D eigenvalue weighted by atomic mass is 9.73. The van der Waals surface area contributed by atoms with Gasteiger partial charge in [0.25, 0.3) is 5.91 Å². The summed E-state index contributed by atoms with van der Waals surface area (Å²) in [4.78, 5) is 46.7. The fourth-order valence-electron chi connectivity index (χ4n) is 5.95. The summed E-state index contributed by atoms with van der Waals surface area (Å²) < 4.78 is 0. The Morgan fingerprint density at radius 1 is 1.17 bits per heavy atom. The maximum atomic E-state index is 13.7. The molecule has 35 heavy (non-hydrogen) atoms. The van der Waals surface area contributed by atoms with Crippen LogP contribution in [0.15, 0.2) is 29.3 Å². The molecule has 3 aliphatic rings. The maximum Gasteiger partial charge on any atom is 0.325 e. The highest BCUT2D eigenvalue weighted by molar-refractivity contribution is 6.07. The van der Waals surface area contributed by atoms with Gasteiger partial charge in [-0.05, 0) is 61.5 Å². The molecule has 0 saturated carbocycles. The van der Waals surface area contributed by atoms with E-state index >= 15 is 0 Å². The quantitative estimate of drug-likeness (QED) is 0.214. The lowest BCUT2D eigenvalue weighted by molar-refractivity contribution is -0.143. The number of carbonyl (C=O) groups excluding carboxylic acids is 3. The Kier molecular flexibility index (Phi) is 7.62. The monoisotopic (exact) mass is 482 g/mol. The van der Waals surface area contributed by atoms with E-state index in [4.69, 9.17) is 11.5 Å². The second-order valence-corrected chi connectivity index (χ2v) is 10.1. The molecule has 0 unspecified atom stereocenters. The standard InChI is InChI=1S/C26H38N6O3/c1-2-3-10-21(32-22(33)20(30-25(32)35)9-6-15-29-24(27)28)23(34)31-16-13-26(14-17-31)12-11-18-7-4-5-8-19(18)26/h4-5,7-8,20-21H,2-3,6,9-17H2,1H3,(H,30,35)(H4,27,28,29)/t20-,21-/m1/s1. The second-order valence-electron chi connectivity index (χ2n) is 10.1. The van der Waals surface area contributed by atoms with E-state index in [1.54, 1.807) is 0 Å². The number of guanidine groups is 1. The van der Waals surface area contributed by atoms with Gasteiger partial charge >= 0.3 is 6.03 Å². The summed E-state index contributed by atoms with van der Waals surface area (Å²) in [6.07, 6.45) is 7.19. The van der Waals surface area contributed by atoms with Crippen LogP contribution >= 0.6 is 0 Å². The van der Waals surface area contributed by atoms with E-state index in [0.29, 0.717) is 38.9 Å². The highest BCUT2D eigenvalue weighted by Crippen LogP contribution is 2.46. The number of piperidine rings is 1. The van der Waals surface area contributed by atoms with E-state index in [1.807, 2.05) is 11.8 Å². The van der Waals surface area contributed by atoms with Crippen LogP contribution < -0.4 is 16.8 Å². The Morgan fingerprint density at radius 3 is 2.63 bits per heavy atom. The number of aryl methyl sites for hydroxylation is 1. The van der Waals surface area contributed by atoms with Crippen LogP contribution in [0.1, 0.15) is 69.4 Å². The van der Waals surface area contributed by atoms with Gasteiger partial charge in [0.2, 0.25) is 5.91 Å². The highest BCUT2D eigenvalue weighted by atomic mass is 16.2. The number of urea groups is 1. The molecule has 9 heteroatoms. The number of nitrogens with one attached hydrogen (secondary N) is 1. The van der Waals surface area contributed by atoms with Crippen molar-refractivity contribution < 1.29 is 14.4 Å². The minimum Gasteiger partial charge on any atom is -0.370 e. The van der Waals surface area contributed by atoms with Crippen LogP contribution in [0.2, 0.25) is 0 Å². The normalized spacial score (nSPS) is 21.7. The zero-order valence-electron chi connectivity index (χ0n) is 20.7. The van der Waals surface area contributed by atoms with Crippen molar-refractivity contribution in [3.05, 3.63) is 35.4 Å². The number of rotatable bonds is 9. The van der Waals surface area contributed by atoms with Crippen molar-refractivity contribution in [3.63, 3.8) is 0 Å². The molecule has 4 rings (SSSR count). The minimum absolute atomic E-state index is 0.00282. The summed E-state index contributed by atoms with van der Waals surface area (Å²) in [5.74, 6) is -0.431. The lowest BCUT2D eigenvalue weighted by Crippen LogP contribution is -2.54. The molecule has 2 atom stereocenters. The van der Waals surface area contributed by atoms with Gasteiger partial charge in [-0.2, -0.15) is 0 Å². The molecule has 0 aromatic heterocycles. The summed E-state index contributed by atoms with van der Waals surface area (Å²) in [7, 11) is 0. The zero-order valence-corrected chi connectivity index (χ0v) is 20.7. The molecule has 1 aliphatic carbocycles. The summed E-state index contributed by atoms with van der Waals surface area (Å²) in [6, 6.07) is 6.78. The number of unbranched alkanes of at least 4 members (excludes halogenated alkanes) is 1. The van der Waals surface area contributed by atoms with Gasteiger partial charge in [-0.25, -0.2) is 9.69 Å². The molecule has 1 aromatic carbocycles. The van der Waals surface area contributed by atoms with Crippen LogP contribution in [0.25, 0.3) is 0 Å². The van der Waals surface area contributed by atoms with Crippen LogP contribution in [0.5, 0.6) is 0 Å².